The Bertz CT molecular complexity index is 238. The Kier molecular flexibility index (Phi) is 8.06. The van der Waals surface area contributed by atoms with Gasteiger partial charge in [0.2, 0.25) is 0 Å². The molecule has 0 amide bonds. The molecule has 0 heterocycles. The summed E-state index contributed by atoms with van der Waals surface area (Å²) in [5.74, 6) is -0.524. The maximum Gasteiger partial charge on any atom is 0.503 e. The lowest BCUT2D eigenvalue weighted by Gasteiger charge is -2.30. The monoisotopic (exact) mass is 262 g/mol. The number of esters is 1. The lowest BCUT2D eigenvalue weighted by Crippen LogP contribution is -2.48. The highest BCUT2D eigenvalue weighted by atomic mass is 28.4. The van der Waals surface area contributed by atoms with Crippen molar-refractivity contribution in [3.8, 4) is 0 Å². The molecule has 0 saturated heterocycles. The zero-order chi connectivity index (χ0) is 13.3. The Morgan fingerprint density at radius 1 is 1.29 bits per heavy atom. The highest BCUT2D eigenvalue weighted by Gasteiger charge is 2.41. The fourth-order valence-electron chi connectivity index (χ4n) is 1.33. The Morgan fingerprint density at radius 2 is 1.82 bits per heavy atom. The Morgan fingerprint density at radius 3 is 2.18 bits per heavy atom. The summed E-state index contributed by atoms with van der Waals surface area (Å²) in [6.07, 6.45) is 0.390. The smallest absolute Gasteiger partial charge is 0.434 e. The van der Waals surface area contributed by atoms with E-state index >= 15 is 0 Å². The summed E-state index contributed by atoms with van der Waals surface area (Å²) < 4.78 is 21.8. The summed E-state index contributed by atoms with van der Waals surface area (Å²) in [7, 11) is -2.72. The van der Waals surface area contributed by atoms with Crippen molar-refractivity contribution in [3.63, 3.8) is 0 Å². The summed E-state index contributed by atoms with van der Waals surface area (Å²) in [5.41, 5.74) is 0. The zero-order valence-corrected chi connectivity index (χ0v) is 12.0. The number of carbonyl (C=O) groups is 1. The number of carbonyl (C=O) groups excluding carboxylic acids is 1. The predicted octanol–water partition coefficient (Wildman–Crippen LogP) is 2.11. The van der Waals surface area contributed by atoms with E-state index in [1.165, 1.54) is 0 Å². The first-order valence-corrected chi connectivity index (χ1v) is 7.75. The molecule has 0 aliphatic heterocycles. The largest absolute Gasteiger partial charge is 0.503 e. The molecule has 0 bridgehead atoms. The molecule has 100 valence electrons. The van der Waals surface area contributed by atoms with Crippen LogP contribution in [0.4, 0.5) is 0 Å². The van der Waals surface area contributed by atoms with Gasteiger partial charge in [-0.25, -0.2) is 4.79 Å². The predicted molar refractivity (Wildman–Crippen MR) is 66.3 cm³/mol. The van der Waals surface area contributed by atoms with E-state index in [0.717, 1.165) is 6.08 Å². The van der Waals surface area contributed by atoms with Crippen molar-refractivity contribution in [2.24, 2.45) is 0 Å². The zero-order valence-electron chi connectivity index (χ0n) is 11.0. The number of rotatable bonds is 9. The van der Waals surface area contributed by atoms with Gasteiger partial charge in [-0.15, -0.1) is 0 Å². The third-order valence-corrected chi connectivity index (χ3v) is 4.97. The normalized spacial score (nSPS) is 13.2. The van der Waals surface area contributed by atoms with Crippen LogP contribution in [-0.2, 0) is 22.8 Å². The molecular formula is C11H22O5Si. The van der Waals surface area contributed by atoms with E-state index in [1.807, 2.05) is 20.8 Å². The summed E-state index contributed by atoms with van der Waals surface area (Å²) in [6, 6.07) is 0.630. The van der Waals surface area contributed by atoms with Crippen LogP contribution < -0.4 is 0 Å². The molecule has 0 aromatic carbocycles. The van der Waals surface area contributed by atoms with E-state index < -0.39 is 21.1 Å². The van der Waals surface area contributed by atoms with E-state index in [0.29, 0.717) is 19.3 Å². The highest BCUT2D eigenvalue weighted by Crippen LogP contribution is 2.18. The molecule has 0 fully saturated rings. The summed E-state index contributed by atoms with van der Waals surface area (Å²) in [5, 5.41) is 0. The number of hydrogen-bond acceptors (Lipinski definition) is 5. The third-order valence-electron chi connectivity index (χ3n) is 1.96. The summed E-state index contributed by atoms with van der Waals surface area (Å²) in [4.78, 5) is 11.0. The Balaban J connectivity index is 4.49. The van der Waals surface area contributed by atoms with Crippen LogP contribution in [0.15, 0.2) is 12.7 Å². The van der Waals surface area contributed by atoms with Gasteiger partial charge in [-0.3, -0.25) is 0 Å². The standard InChI is InChI=1S/C11H22O5Si/c1-6-11(12)15-10(5)16-17(9-4,13-7-2)14-8-3/h6,10H,1,7-9H2,2-5H3. The first kappa shape index (κ1) is 16.3. The molecular weight excluding hydrogens is 240 g/mol. The maximum absolute atomic E-state index is 11.0. The van der Waals surface area contributed by atoms with Crippen LogP contribution in [0, 0.1) is 0 Å². The van der Waals surface area contributed by atoms with Crippen LogP contribution in [0.1, 0.15) is 27.7 Å². The van der Waals surface area contributed by atoms with Crippen molar-refractivity contribution in [1.82, 2.24) is 0 Å². The van der Waals surface area contributed by atoms with Gasteiger partial charge in [0.25, 0.3) is 0 Å². The number of hydrogen-bond donors (Lipinski definition) is 0. The van der Waals surface area contributed by atoms with E-state index in [2.05, 4.69) is 6.58 Å². The second-order valence-corrected chi connectivity index (χ2v) is 6.12. The van der Waals surface area contributed by atoms with Crippen LogP contribution in [0.25, 0.3) is 0 Å². The molecule has 5 nitrogen and oxygen atoms in total. The quantitative estimate of drug-likeness (QED) is 0.276. The molecule has 0 N–H and O–H groups in total. The maximum atomic E-state index is 11.0. The SMILES string of the molecule is C=CC(=O)OC(C)O[Si](CC)(OCC)OCC. The fraction of sp³-hybridized carbons (Fsp3) is 0.727. The Hall–Kier alpha value is -0.693. The van der Waals surface area contributed by atoms with Crippen molar-refractivity contribution in [1.29, 1.82) is 0 Å². The summed E-state index contributed by atoms with van der Waals surface area (Å²) >= 11 is 0. The van der Waals surface area contributed by atoms with Gasteiger partial charge < -0.3 is 18.0 Å². The fourth-order valence-corrected chi connectivity index (χ4v) is 3.55. The molecule has 6 heteroatoms. The molecule has 0 aromatic rings. The van der Waals surface area contributed by atoms with E-state index in [-0.39, 0.29) is 0 Å². The van der Waals surface area contributed by atoms with Crippen LogP contribution >= 0.6 is 0 Å². The average molecular weight is 262 g/mol. The molecule has 0 spiro atoms. The highest BCUT2D eigenvalue weighted by molar-refractivity contribution is 6.60. The van der Waals surface area contributed by atoms with E-state index in [4.69, 9.17) is 18.0 Å². The van der Waals surface area contributed by atoms with Gasteiger partial charge in [-0.1, -0.05) is 13.5 Å². The summed E-state index contributed by atoms with van der Waals surface area (Å²) in [6.45, 7) is 11.6. The lowest BCUT2D eigenvalue weighted by atomic mass is 10.6. The first-order valence-electron chi connectivity index (χ1n) is 5.82. The van der Waals surface area contributed by atoms with Crippen LogP contribution in [0.2, 0.25) is 6.04 Å². The minimum Gasteiger partial charge on any atom is -0.434 e. The molecule has 0 aliphatic rings. The number of ether oxygens (including phenoxy) is 1. The van der Waals surface area contributed by atoms with E-state index in [9.17, 15) is 4.79 Å². The molecule has 0 aromatic heterocycles. The van der Waals surface area contributed by atoms with Crippen LogP contribution in [-0.4, -0.2) is 34.3 Å². The van der Waals surface area contributed by atoms with Gasteiger partial charge in [0.05, 0.1) is 0 Å². The van der Waals surface area contributed by atoms with E-state index in [1.54, 1.807) is 6.92 Å². The van der Waals surface area contributed by atoms with Crippen molar-refractivity contribution >= 4 is 14.8 Å². The van der Waals surface area contributed by atoms with Gasteiger partial charge in [0, 0.05) is 25.3 Å². The second kappa shape index (κ2) is 8.41. The minimum atomic E-state index is -2.72. The molecule has 0 radical (unpaired) electrons. The van der Waals surface area contributed by atoms with Gasteiger partial charge in [-0.05, 0) is 20.8 Å². The Labute approximate surface area is 104 Å². The first-order chi connectivity index (χ1) is 8.03. The van der Waals surface area contributed by atoms with Crippen LogP contribution in [0.5, 0.6) is 0 Å². The van der Waals surface area contributed by atoms with Crippen molar-refractivity contribution in [2.45, 2.75) is 40.0 Å². The molecule has 0 rings (SSSR count). The molecule has 0 saturated carbocycles. The minimum absolute atomic E-state index is 0.502. The molecule has 1 atom stereocenters. The molecule has 17 heavy (non-hydrogen) atoms. The van der Waals surface area contributed by atoms with Crippen LogP contribution in [0.3, 0.4) is 0 Å². The lowest BCUT2D eigenvalue weighted by molar-refractivity contribution is -0.161. The van der Waals surface area contributed by atoms with Gasteiger partial charge in [0.1, 0.15) is 0 Å². The molecule has 1 unspecified atom stereocenters. The average Bonchev–Trinajstić information content (AvgIpc) is 2.29. The van der Waals surface area contributed by atoms with Gasteiger partial charge in [0.15, 0.2) is 6.29 Å². The van der Waals surface area contributed by atoms with Crippen molar-refractivity contribution < 1.29 is 22.8 Å². The van der Waals surface area contributed by atoms with Gasteiger partial charge in [-0.2, -0.15) is 0 Å². The third kappa shape index (κ3) is 5.97. The van der Waals surface area contributed by atoms with Crippen molar-refractivity contribution in [3.05, 3.63) is 12.7 Å². The molecule has 0 aliphatic carbocycles. The van der Waals surface area contributed by atoms with Crippen molar-refractivity contribution in [2.75, 3.05) is 13.2 Å². The second-order valence-electron chi connectivity index (χ2n) is 3.23. The van der Waals surface area contributed by atoms with Gasteiger partial charge >= 0.3 is 14.8 Å². The topological polar surface area (TPSA) is 54.0 Å².